The molecule has 1 aromatic carbocycles. The first kappa shape index (κ1) is 11.8. The van der Waals surface area contributed by atoms with Gasteiger partial charge in [0.25, 0.3) is 0 Å². The van der Waals surface area contributed by atoms with Crippen LogP contribution < -0.4 is 5.73 Å². The number of hydrogen-bond donors (Lipinski definition) is 1. The Labute approximate surface area is 92.4 Å². The number of nitrogens with zero attached hydrogens (tertiary/aromatic N) is 1. The van der Waals surface area contributed by atoms with E-state index >= 15 is 0 Å². The van der Waals surface area contributed by atoms with Gasteiger partial charge in [0.05, 0.1) is 0 Å². The Bertz CT molecular complexity index is 331. The molecule has 2 nitrogen and oxygen atoms in total. The molecular weight excluding hydrogens is 184 g/mol. The van der Waals surface area contributed by atoms with Crippen molar-refractivity contribution in [2.24, 2.45) is 0 Å². The molecule has 82 valence electrons. The van der Waals surface area contributed by atoms with Gasteiger partial charge in [0.2, 0.25) is 0 Å². The SMILES string of the molecule is C=CC.CN1CCc2ccc(N)cc2C1. The van der Waals surface area contributed by atoms with Crippen molar-refractivity contribution in [2.45, 2.75) is 19.9 Å². The van der Waals surface area contributed by atoms with E-state index in [2.05, 4.69) is 30.7 Å². The van der Waals surface area contributed by atoms with Crippen molar-refractivity contribution in [1.29, 1.82) is 0 Å². The second-order valence-electron chi connectivity index (χ2n) is 3.92. The van der Waals surface area contributed by atoms with Gasteiger partial charge < -0.3 is 10.6 Å². The summed E-state index contributed by atoms with van der Waals surface area (Å²) in [5, 5.41) is 0. The molecule has 0 spiro atoms. The Morgan fingerprint density at radius 3 is 2.73 bits per heavy atom. The van der Waals surface area contributed by atoms with E-state index in [1.54, 1.807) is 6.08 Å². The molecule has 2 N–H and O–H groups in total. The van der Waals surface area contributed by atoms with Gasteiger partial charge in [0, 0.05) is 18.8 Å². The van der Waals surface area contributed by atoms with Crippen LogP contribution in [0.15, 0.2) is 30.9 Å². The van der Waals surface area contributed by atoms with E-state index in [0.717, 1.165) is 25.2 Å². The number of fused-ring (bicyclic) bond motifs is 1. The molecule has 1 heterocycles. The lowest BCUT2D eigenvalue weighted by atomic mass is 10.00. The summed E-state index contributed by atoms with van der Waals surface area (Å²) in [4.78, 5) is 2.32. The monoisotopic (exact) mass is 204 g/mol. The molecule has 2 heteroatoms. The molecule has 2 rings (SSSR count). The molecule has 0 radical (unpaired) electrons. The second-order valence-corrected chi connectivity index (χ2v) is 3.92. The first-order chi connectivity index (χ1) is 7.17. The molecule has 1 aromatic rings. The summed E-state index contributed by atoms with van der Waals surface area (Å²) in [5.74, 6) is 0. The molecule has 1 aliphatic rings. The van der Waals surface area contributed by atoms with Crippen LogP contribution in [0.2, 0.25) is 0 Å². The predicted octanol–water partition coefficient (Wildman–Crippen LogP) is 2.45. The molecular formula is C13H20N2. The van der Waals surface area contributed by atoms with Crippen molar-refractivity contribution < 1.29 is 0 Å². The van der Waals surface area contributed by atoms with Crippen LogP contribution in [0, 0.1) is 0 Å². The number of benzene rings is 1. The Kier molecular flexibility index (Phi) is 4.37. The first-order valence-electron chi connectivity index (χ1n) is 5.30. The van der Waals surface area contributed by atoms with Crippen LogP contribution in [0.4, 0.5) is 5.69 Å². The molecule has 0 unspecified atom stereocenters. The summed E-state index contributed by atoms with van der Waals surface area (Å²) in [6.07, 6.45) is 2.91. The number of rotatable bonds is 0. The van der Waals surface area contributed by atoms with Gasteiger partial charge in [-0.05, 0) is 43.7 Å². The minimum atomic E-state index is 0.879. The van der Waals surface area contributed by atoms with Gasteiger partial charge in [0.15, 0.2) is 0 Å². The lowest BCUT2D eigenvalue weighted by Crippen LogP contribution is -2.26. The summed E-state index contributed by atoms with van der Waals surface area (Å²) >= 11 is 0. The number of likely N-dealkylation sites (N-methyl/N-ethyl adjacent to an activating group) is 1. The van der Waals surface area contributed by atoms with Gasteiger partial charge in [-0.3, -0.25) is 0 Å². The molecule has 0 atom stereocenters. The number of nitrogens with two attached hydrogens (primary N) is 1. The lowest BCUT2D eigenvalue weighted by molar-refractivity contribution is 0.313. The third-order valence-corrected chi connectivity index (χ3v) is 2.43. The van der Waals surface area contributed by atoms with Crippen LogP contribution in [0.1, 0.15) is 18.1 Å². The standard InChI is InChI=1S/C10H14N2.C3H6/c1-12-5-4-8-2-3-10(11)6-9(8)7-12;1-3-2/h2-3,6H,4-5,7,11H2,1H3;3H,1H2,2H3. The zero-order valence-corrected chi connectivity index (χ0v) is 9.66. The fourth-order valence-electron chi connectivity index (χ4n) is 1.72. The normalized spacial score (nSPS) is 14.8. The van der Waals surface area contributed by atoms with E-state index in [9.17, 15) is 0 Å². The summed E-state index contributed by atoms with van der Waals surface area (Å²) in [7, 11) is 2.14. The Morgan fingerprint density at radius 1 is 1.40 bits per heavy atom. The van der Waals surface area contributed by atoms with Crippen LogP contribution >= 0.6 is 0 Å². The second kappa shape index (κ2) is 5.56. The van der Waals surface area contributed by atoms with Crippen molar-refractivity contribution in [3.05, 3.63) is 42.0 Å². The van der Waals surface area contributed by atoms with Crippen molar-refractivity contribution >= 4 is 5.69 Å². The van der Waals surface area contributed by atoms with Gasteiger partial charge in [0.1, 0.15) is 0 Å². The summed E-state index contributed by atoms with van der Waals surface area (Å²) in [6.45, 7) is 7.46. The van der Waals surface area contributed by atoms with E-state index in [4.69, 9.17) is 5.73 Å². The molecule has 0 aliphatic carbocycles. The van der Waals surface area contributed by atoms with Crippen molar-refractivity contribution in [3.8, 4) is 0 Å². The molecule has 0 saturated heterocycles. The number of allylic oxidation sites excluding steroid dienone is 1. The van der Waals surface area contributed by atoms with E-state index < -0.39 is 0 Å². The average molecular weight is 204 g/mol. The maximum Gasteiger partial charge on any atom is 0.0317 e. The number of anilines is 1. The number of nitrogen functional groups attached to an aromatic ring is 1. The van der Waals surface area contributed by atoms with Gasteiger partial charge in [-0.15, -0.1) is 6.58 Å². The third-order valence-electron chi connectivity index (χ3n) is 2.43. The van der Waals surface area contributed by atoms with E-state index in [-0.39, 0.29) is 0 Å². The van der Waals surface area contributed by atoms with Gasteiger partial charge in [-0.1, -0.05) is 12.1 Å². The van der Waals surface area contributed by atoms with Crippen LogP contribution in [-0.2, 0) is 13.0 Å². The highest BCUT2D eigenvalue weighted by Crippen LogP contribution is 2.19. The van der Waals surface area contributed by atoms with Gasteiger partial charge in [-0.25, -0.2) is 0 Å². The highest BCUT2D eigenvalue weighted by atomic mass is 15.1. The molecule has 0 bridgehead atoms. The Balaban J connectivity index is 0.000000337. The smallest absolute Gasteiger partial charge is 0.0317 e. The maximum absolute atomic E-state index is 5.71. The van der Waals surface area contributed by atoms with Crippen LogP contribution in [0.5, 0.6) is 0 Å². The van der Waals surface area contributed by atoms with Crippen molar-refractivity contribution in [3.63, 3.8) is 0 Å². The zero-order chi connectivity index (χ0) is 11.3. The molecule has 0 fully saturated rings. The molecule has 15 heavy (non-hydrogen) atoms. The Morgan fingerprint density at radius 2 is 2.07 bits per heavy atom. The van der Waals surface area contributed by atoms with Crippen molar-refractivity contribution in [2.75, 3.05) is 19.3 Å². The minimum Gasteiger partial charge on any atom is -0.399 e. The molecule has 1 aliphatic heterocycles. The van der Waals surface area contributed by atoms with E-state index in [1.165, 1.54) is 11.1 Å². The fourth-order valence-corrected chi connectivity index (χ4v) is 1.72. The number of hydrogen-bond acceptors (Lipinski definition) is 2. The minimum absolute atomic E-state index is 0.879. The largest absolute Gasteiger partial charge is 0.399 e. The van der Waals surface area contributed by atoms with Crippen molar-refractivity contribution in [1.82, 2.24) is 4.90 Å². The van der Waals surface area contributed by atoms with Gasteiger partial charge in [-0.2, -0.15) is 0 Å². The molecule has 0 aromatic heterocycles. The highest BCUT2D eigenvalue weighted by molar-refractivity contribution is 5.45. The average Bonchev–Trinajstić information content (AvgIpc) is 2.18. The molecule has 0 saturated carbocycles. The lowest BCUT2D eigenvalue weighted by Gasteiger charge is -2.24. The van der Waals surface area contributed by atoms with E-state index in [1.807, 2.05) is 13.0 Å². The zero-order valence-electron chi connectivity index (χ0n) is 9.66. The summed E-state index contributed by atoms with van der Waals surface area (Å²) in [6, 6.07) is 6.23. The van der Waals surface area contributed by atoms with Gasteiger partial charge >= 0.3 is 0 Å². The maximum atomic E-state index is 5.71. The molecule has 0 amide bonds. The van der Waals surface area contributed by atoms with Crippen LogP contribution in [-0.4, -0.2) is 18.5 Å². The summed E-state index contributed by atoms with van der Waals surface area (Å²) < 4.78 is 0. The quantitative estimate of drug-likeness (QED) is 0.519. The predicted molar refractivity (Wildman–Crippen MR) is 66.8 cm³/mol. The van der Waals surface area contributed by atoms with Crippen LogP contribution in [0.3, 0.4) is 0 Å². The Hall–Kier alpha value is -1.28. The summed E-state index contributed by atoms with van der Waals surface area (Å²) in [5.41, 5.74) is 9.44. The highest BCUT2D eigenvalue weighted by Gasteiger charge is 2.12. The van der Waals surface area contributed by atoms with Crippen LogP contribution in [0.25, 0.3) is 0 Å². The first-order valence-corrected chi connectivity index (χ1v) is 5.30. The topological polar surface area (TPSA) is 29.3 Å². The van der Waals surface area contributed by atoms with E-state index in [0.29, 0.717) is 0 Å². The third kappa shape index (κ3) is 3.40. The fraction of sp³-hybridized carbons (Fsp3) is 0.385.